The SMILES string of the molecule is Cc1cccc(CC(=O)N2CC3(CC(CC(=O)NCC4CC4)CO3)C2)c1. The summed E-state index contributed by atoms with van der Waals surface area (Å²) in [6, 6.07) is 8.10. The van der Waals surface area contributed by atoms with Gasteiger partial charge in [0.25, 0.3) is 0 Å². The second-order valence-electron chi connectivity index (χ2n) is 8.43. The smallest absolute Gasteiger partial charge is 0.227 e. The van der Waals surface area contributed by atoms with E-state index in [9.17, 15) is 9.59 Å². The predicted molar refractivity (Wildman–Crippen MR) is 98.6 cm³/mol. The zero-order valence-corrected chi connectivity index (χ0v) is 15.5. The van der Waals surface area contributed by atoms with Gasteiger partial charge in [0.1, 0.15) is 5.60 Å². The number of amides is 2. The Morgan fingerprint density at radius 3 is 2.81 bits per heavy atom. The topological polar surface area (TPSA) is 58.6 Å². The molecule has 0 aromatic heterocycles. The molecule has 3 aliphatic rings. The molecule has 1 aliphatic carbocycles. The van der Waals surface area contributed by atoms with E-state index in [1.54, 1.807) is 0 Å². The molecule has 2 amide bonds. The Hall–Kier alpha value is -1.88. The number of nitrogens with one attached hydrogen (secondary N) is 1. The Bertz CT molecular complexity index is 692. The van der Waals surface area contributed by atoms with E-state index in [0.717, 1.165) is 18.5 Å². The summed E-state index contributed by atoms with van der Waals surface area (Å²) in [7, 11) is 0. The van der Waals surface area contributed by atoms with Crippen LogP contribution in [-0.4, -0.2) is 48.6 Å². The van der Waals surface area contributed by atoms with Crippen LogP contribution in [0.5, 0.6) is 0 Å². The van der Waals surface area contributed by atoms with Crippen LogP contribution in [0.1, 0.15) is 36.8 Å². The van der Waals surface area contributed by atoms with Crippen molar-refractivity contribution in [1.29, 1.82) is 0 Å². The molecular weight excluding hydrogens is 328 g/mol. The van der Waals surface area contributed by atoms with Gasteiger partial charge in [0.2, 0.25) is 11.8 Å². The molecule has 2 heterocycles. The van der Waals surface area contributed by atoms with E-state index >= 15 is 0 Å². The van der Waals surface area contributed by atoms with E-state index in [0.29, 0.717) is 38.5 Å². The Morgan fingerprint density at radius 2 is 2.08 bits per heavy atom. The van der Waals surface area contributed by atoms with Crippen LogP contribution in [-0.2, 0) is 20.7 Å². The lowest BCUT2D eigenvalue weighted by molar-refractivity contribution is -0.157. The molecule has 0 bridgehead atoms. The lowest BCUT2D eigenvalue weighted by Crippen LogP contribution is -2.63. The van der Waals surface area contributed by atoms with Crippen molar-refractivity contribution in [2.24, 2.45) is 11.8 Å². The molecule has 1 aromatic carbocycles. The molecule has 26 heavy (non-hydrogen) atoms. The van der Waals surface area contributed by atoms with Crippen molar-refractivity contribution in [1.82, 2.24) is 10.2 Å². The number of likely N-dealkylation sites (tertiary alicyclic amines) is 1. The molecule has 0 radical (unpaired) electrons. The number of aryl methyl sites for hydroxylation is 1. The first kappa shape index (κ1) is 17.5. The molecule has 140 valence electrons. The van der Waals surface area contributed by atoms with Crippen molar-refractivity contribution in [2.45, 2.75) is 44.6 Å². The fourth-order valence-electron chi connectivity index (χ4n) is 4.14. The summed E-state index contributed by atoms with van der Waals surface area (Å²) in [4.78, 5) is 26.4. The van der Waals surface area contributed by atoms with Gasteiger partial charge in [-0.05, 0) is 43.6 Å². The molecule has 2 aliphatic heterocycles. The third kappa shape index (κ3) is 4.09. The van der Waals surface area contributed by atoms with Crippen molar-refractivity contribution in [2.75, 3.05) is 26.2 Å². The molecule has 5 nitrogen and oxygen atoms in total. The van der Waals surface area contributed by atoms with Gasteiger partial charge in [0.05, 0.1) is 26.1 Å². The number of carbonyl (C=O) groups excluding carboxylic acids is 2. The van der Waals surface area contributed by atoms with Crippen molar-refractivity contribution in [3.63, 3.8) is 0 Å². The minimum absolute atomic E-state index is 0.147. The van der Waals surface area contributed by atoms with Crippen LogP contribution >= 0.6 is 0 Å². The Kier molecular flexibility index (Phi) is 4.74. The third-order valence-corrected chi connectivity index (χ3v) is 5.79. The molecule has 3 fully saturated rings. The van der Waals surface area contributed by atoms with E-state index in [1.807, 2.05) is 30.0 Å². The van der Waals surface area contributed by atoms with Gasteiger partial charge in [-0.2, -0.15) is 0 Å². The van der Waals surface area contributed by atoms with Crippen molar-refractivity contribution >= 4 is 11.8 Å². The van der Waals surface area contributed by atoms with Gasteiger partial charge in [-0.25, -0.2) is 0 Å². The molecule has 1 atom stereocenters. The number of carbonyl (C=O) groups is 2. The summed E-state index contributed by atoms with van der Waals surface area (Å²) in [5.41, 5.74) is 2.04. The largest absolute Gasteiger partial charge is 0.371 e. The van der Waals surface area contributed by atoms with Gasteiger partial charge in [-0.15, -0.1) is 0 Å². The number of nitrogens with zero attached hydrogens (tertiary/aromatic N) is 1. The molecule has 5 heteroatoms. The summed E-state index contributed by atoms with van der Waals surface area (Å²) in [6.07, 6.45) is 4.39. The minimum Gasteiger partial charge on any atom is -0.371 e. The Labute approximate surface area is 155 Å². The maximum atomic E-state index is 12.5. The first-order valence-corrected chi connectivity index (χ1v) is 9.75. The average molecular weight is 356 g/mol. The quantitative estimate of drug-likeness (QED) is 0.849. The number of ether oxygens (including phenoxy) is 1. The summed E-state index contributed by atoms with van der Waals surface area (Å²) >= 11 is 0. The number of hydrogen-bond acceptors (Lipinski definition) is 3. The zero-order valence-electron chi connectivity index (χ0n) is 15.5. The van der Waals surface area contributed by atoms with E-state index in [1.165, 1.54) is 18.4 Å². The lowest BCUT2D eigenvalue weighted by atomic mass is 9.85. The average Bonchev–Trinajstić information content (AvgIpc) is 3.30. The highest BCUT2D eigenvalue weighted by atomic mass is 16.5. The van der Waals surface area contributed by atoms with Gasteiger partial charge in [-0.3, -0.25) is 9.59 Å². The van der Waals surface area contributed by atoms with Crippen LogP contribution in [0.15, 0.2) is 24.3 Å². The van der Waals surface area contributed by atoms with E-state index < -0.39 is 0 Å². The van der Waals surface area contributed by atoms with Gasteiger partial charge in [-0.1, -0.05) is 29.8 Å². The van der Waals surface area contributed by atoms with Gasteiger partial charge < -0.3 is 15.0 Å². The van der Waals surface area contributed by atoms with Gasteiger partial charge >= 0.3 is 0 Å². The predicted octanol–water partition coefficient (Wildman–Crippen LogP) is 2.07. The van der Waals surface area contributed by atoms with Crippen LogP contribution in [0.2, 0.25) is 0 Å². The third-order valence-electron chi connectivity index (χ3n) is 5.79. The molecule has 1 spiro atoms. The minimum atomic E-state index is -0.205. The zero-order chi connectivity index (χ0) is 18.1. The van der Waals surface area contributed by atoms with Crippen LogP contribution < -0.4 is 5.32 Å². The summed E-state index contributed by atoms with van der Waals surface area (Å²) < 4.78 is 6.00. The van der Waals surface area contributed by atoms with Crippen LogP contribution in [0, 0.1) is 18.8 Å². The van der Waals surface area contributed by atoms with Crippen LogP contribution in [0.25, 0.3) is 0 Å². The lowest BCUT2D eigenvalue weighted by Gasteiger charge is -2.47. The van der Waals surface area contributed by atoms with Gasteiger partial charge in [0, 0.05) is 13.0 Å². The molecule has 1 N–H and O–H groups in total. The van der Waals surface area contributed by atoms with Crippen LogP contribution in [0.4, 0.5) is 0 Å². The highest BCUT2D eigenvalue weighted by Crippen LogP contribution is 2.39. The van der Waals surface area contributed by atoms with Crippen molar-refractivity contribution in [3.8, 4) is 0 Å². The first-order valence-electron chi connectivity index (χ1n) is 9.75. The van der Waals surface area contributed by atoms with Crippen molar-refractivity contribution in [3.05, 3.63) is 35.4 Å². The standard InChI is InChI=1S/C21H28N2O3/c1-15-3-2-4-17(7-15)9-20(25)23-13-21(14-23)10-18(12-26-21)8-19(24)22-11-16-5-6-16/h2-4,7,16,18H,5-6,8-14H2,1H3,(H,22,24). The van der Waals surface area contributed by atoms with Gasteiger partial charge in [0.15, 0.2) is 0 Å². The monoisotopic (exact) mass is 356 g/mol. The first-order chi connectivity index (χ1) is 12.5. The fourth-order valence-corrected chi connectivity index (χ4v) is 4.14. The molecule has 1 saturated carbocycles. The summed E-state index contributed by atoms with van der Waals surface area (Å²) in [5, 5.41) is 3.03. The highest BCUT2D eigenvalue weighted by molar-refractivity contribution is 5.80. The fraction of sp³-hybridized carbons (Fsp3) is 0.619. The van der Waals surface area contributed by atoms with Crippen LogP contribution in [0.3, 0.4) is 0 Å². The highest BCUT2D eigenvalue weighted by Gasteiger charge is 2.51. The Balaban J connectivity index is 1.21. The summed E-state index contributed by atoms with van der Waals surface area (Å²) in [6.45, 7) is 4.84. The van der Waals surface area contributed by atoms with E-state index in [-0.39, 0.29) is 23.3 Å². The maximum absolute atomic E-state index is 12.5. The molecule has 1 unspecified atom stereocenters. The second kappa shape index (κ2) is 7.03. The van der Waals surface area contributed by atoms with E-state index in [2.05, 4.69) is 11.4 Å². The maximum Gasteiger partial charge on any atom is 0.227 e. The number of hydrogen-bond donors (Lipinski definition) is 1. The van der Waals surface area contributed by atoms with Crippen molar-refractivity contribution < 1.29 is 14.3 Å². The molecular formula is C21H28N2O3. The van der Waals surface area contributed by atoms with E-state index in [4.69, 9.17) is 4.74 Å². The normalized spacial score (nSPS) is 23.7. The molecule has 4 rings (SSSR count). The molecule has 2 saturated heterocycles. The summed E-state index contributed by atoms with van der Waals surface area (Å²) in [5.74, 6) is 1.30. The second-order valence-corrected chi connectivity index (χ2v) is 8.43. The molecule has 1 aromatic rings. The number of rotatable bonds is 6. The Morgan fingerprint density at radius 1 is 1.27 bits per heavy atom. The number of benzene rings is 1.